The number of carbonyl (C=O) groups excluding carboxylic acids is 1. The van der Waals surface area contributed by atoms with Crippen LogP contribution in [0, 0.1) is 6.92 Å². The molecule has 2 rings (SSSR count). The smallest absolute Gasteiger partial charge is 0.387 e. The van der Waals surface area contributed by atoms with Gasteiger partial charge >= 0.3 is 12.6 Å². The Morgan fingerprint density at radius 2 is 1.96 bits per heavy atom. The van der Waals surface area contributed by atoms with Crippen LogP contribution in [-0.4, -0.2) is 31.0 Å². The Balaban J connectivity index is 2.64. The molecule has 0 saturated carbocycles. The second-order valence-corrected chi connectivity index (χ2v) is 6.71. The molecule has 134 valence electrons. The highest BCUT2D eigenvalue weighted by atomic mass is 35.5. The van der Waals surface area contributed by atoms with Crippen LogP contribution in [0.1, 0.15) is 5.69 Å². The first kappa shape index (κ1) is 18.8. The zero-order valence-corrected chi connectivity index (χ0v) is 14.1. The Labute approximate surface area is 146 Å². The standard InChI is InChI=1S/C13H11ClF2N4O4S/c1-7-6-10(14)19-13(18-7)20(12(17)21)25(22,23)9-5-3-2-4-8(9)24-11(15)16/h2-6,11H,1H3,(H2,17,21). The van der Waals surface area contributed by atoms with Crippen molar-refractivity contribution >= 4 is 33.6 Å². The molecule has 25 heavy (non-hydrogen) atoms. The van der Waals surface area contributed by atoms with E-state index in [1.54, 1.807) is 0 Å². The molecule has 2 amide bonds. The SMILES string of the molecule is Cc1cc(Cl)nc(N(C(N)=O)S(=O)(=O)c2ccccc2OC(F)F)n1. The molecule has 0 unspecified atom stereocenters. The summed E-state index contributed by atoms with van der Waals surface area (Å²) in [4.78, 5) is 18.5. The third-order valence-electron chi connectivity index (χ3n) is 2.78. The third kappa shape index (κ3) is 4.12. The van der Waals surface area contributed by atoms with Crippen LogP contribution < -0.4 is 14.8 Å². The molecule has 0 aliphatic heterocycles. The van der Waals surface area contributed by atoms with Crippen LogP contribution in [-0.2, 0) is 10.0 Å². The maximum Gasteiger partial charge on any atom is 0.387 e. The van der Waals surface area contributed by atoms with Crippen molar-refractivity contribution in [3.05, 3.63) is 41.2 Å². The van der Waals surface area contributed by atoms with Gasteiger partial charge in [-0.3, -0.25) is 0 Å². The molecule has 12 heteroatoms. The summed E-state index contributed by atoms with van der Waals surface area (Å²) in [5.74, 6) is -1.29. The molecule has 0 saturated heterocycles. The van der Waals surface area contributed by atoms with Gasteiger partial charge in [-0.25, -0.2) is 18.2 Å². The van der Waals surface area contributed by atoms with Crippen molar-refractivity contribution < 1.29 is 26.7 Å². The average Bonchev–Trinajstić information content (AvgIpc) is 2.45. The number of halogens is 3. The maximum absolute atomic E-state index is 12.8. The van der Waals surface area contributed by atoms with Crippen LogP contribution in [0.5, 0.6) is 5.75 Å². The van der Waals surface area contributed by atoms with Gasteiger partial charge in [-0.1, -0.05) is 23.7 Å². The number of nitrogens with zero attached hydrogens (tertiary/aromatic N) is 3. The molecule has 2 N–H and O–H groups in total. The Morgan fingerprint density at radius 3 is 2.52 bits per heavy atom. The molecule has 0 aliphatic carbocycles. The fourth-order valence-electron chi connectivity index (χ4n) is 1.89. The summed E-state index contributed by atoms with van der Waals surface area (Å²) in [7, 11) is -4.75. The summed E-state index contributed by atoms with van der Waals surface area (Å²) in [6, 6.07) is 4.39. The molecule has 1 heterocycles. The van der Waals surface area contributed by atoms with Crippen molar-refractivity contribution in [2.45, 2.75) is 18.4 Å². The molecule has 2 aromatic rings. The molecule has 0 fully saturated rings. The number of para-hydroxylation sites is 1. The van der Waals surface area contributed by atoms with Gasteiger partial charge in [-0.05, 0) is 25.1 Å². The molecular formula is C13H11ClF2N4O4S. The lowest BCUT2D eigenvalue weighted by Crippen LogP contribution is -2.42. The number of alkyl halides is 2. The quantitative estimate of drug-likeness (QED) is 0.780. The van der Waals surface area contributed by atoms with E-state index >= 15 is 0 Å². The first-order valence-electron chi connectivity index (χ1n) is 6.52. The molecule has 0 aliphatic rings. The summed E-state index contributed by atoms with van der Waals surface area (Å²) in [6.07, 6.45) is 0. The zero-order chi connectivity index (χ0) is 18.8. The van der Waals surface area contributed by atoms with Crippen LogP contribution >= 0.6 is 11.6 Å². The lowest BCUT2D eigenvalue weighted by atomic mass is 10.3. The second kappa shape index (κ2) is 7.15. The number of ether oxygens (including phenoxy) is 1. The number of aryl methyl sites for hydroxylation is 1. The topological polar surface area (TPSA) is 115 Å². The van der Waals surface area contributed by atoms with Gasteiger partial charge in [0.2, 0.25) is 5.95 Å². The fraction of sp³-hybridized carbons (Fsp3) is 0.154. The fourth-order valence-corrected chi connectivity index (χ4v) is 3.47. The van der Waals surface area contributed by atoms with E-state index in [9.17, 15) is 22.0 Å². The Kier molecular flexibility index (Phi) is 5.38. The van der Waals surface area contributed by atoms with Gasteiger partial charge in [0.05, 0.1) is 0 Å². The van der Waals surface area contributed by atoms with E-state index in [2.05, 4.69) is 14.7 Å². The van der Waals surface area contributed by atoms with Gasteiger partial charge in [0.1, 0.15) is 15.8 Å². The molecule has 0 radical (unpaired) electrons. The zero-order valence-electron chi connectivity index (χ0n) is 12.6. The predicted octanol–water partition coefficient (Wildman–Crippen LogP) is 2.31. The van der Waals surface area contributed by atoms with E-state index in [0.29, 0.717) is 0 Å². The number of primary amides is 1. The van der Waals surface area contributed by atoms with E-state index in [1.807, 2.05) is 0 Å². The van der Waals surface area contributed by atoms with E-state index in [0.717, 1.165) is 12.1 Å². The van der Waals surface area contributed by atoms with Crippen LogP contribution in [0.2, 0.25) is 5.15 Å². The number of urea groups is 1. The van der Waals surface area contributed by atoms with Crippen molar-refractivity contribution in [1.82, 2.24) is 9.97 Å². The largest absolute Gasteiger partial charge is 0.433 e. The molecule has 0 atom stereocenters. The van der Waals surface area contributed by atoms with Gasteiger partial charge in [0, 0.05) is 5.69 Å². The lowest BCUT2D eigenvalue weighted by molar-refractivity contribution is -0.0517. The number of amides is 2. The number of hydrogen-bond acceptors (Lipinski definition) is 6. The van der Waals surface area contributed by atoms with Gasteiger partial charge < -0.3 is 10.5 Å². The van der Waals surface area contributed by atoms with Crippen molar-refractivity contribution in [1.29, 1.82) is 0 Å². The Bertz CT molecular complexity index is 890. The third-order valence-corrected chi connectivity index (χ3v) is 4.69. The minimum atomic E-state index is -4.75. The highest BCUT2D eigenvalue weighted by Gasteiger charge is 2.35. The number of carbonyl (C=O) groups is 1. The van der Waals surface area contributed by atoms with Gasteiger partial charge in [0.15, 0.2) is 0 Å². The van der Waals surface area contributed by atoms with Gasteiger partial charge in [-0.15, -0.1) is 4.31 Å². The first-order chi connectivity index (χ1) is 11.6. The van der Waals surface area contributed by atoms with Crippen LogP contribution in [0.4, 0.5) is 19.5 Å². The van der Waals surface area contributed by atoms with Crippen LogP contribution in [0.15, 0.2) is 35.2 Å². The molecule has 8 nitrogen and oxygen atoms in total. The second-order valence-electron chi connectivity index (χ2n) is 4.56. The van der Waals surface area contributed by atoms with Crippen molar-refractivity contribution in [3.8, 4) is 5.75 Å². The van der Waals surface area contributed by atoms with Crippen LogP contribution in [0.3, 0.4) is 0 Å². The Morgan fingerprint density at radius 1 is 1.32 bits per heavy atom. The van der Waals surface area contributed by atoms with Crippen molar-refractivity contribution in [2.75, 3.05) is 4.31 Å². The van der Waals surface area contributed by atoms with Crippen LogP contribution in [0.25, 0.3) is 0 Å². The monoisotopic (exact) mass is 392 g/mol. The van der Waals surface area contributed by atoms with E-state index in [1.165, 1.54) is 25.1 Å². The maximum atomic E-state index is 12.8. The minimum Gasteiger partial charge on any atom is -0.433 e. The molecule has 1 aromatic heterocycles. The minimum absolute atomic E-state index is 0.0551. The summed E-state index contributed by atoms with van der Waals surface area (Å²) < 4.78 is 54.8. The van der Waals surface area contributed by atoms with E-state index in [-0.39, 0.29) is 15.2 Å². The number of rotatable bonds is 5. The molecule has 1 aromatic carbocycles. The van der Waals surface area contributed by atoms with E-state index in [4.69, 9.17) is 17.3 Å². The lowest BCUT2D eigenvalue weighted by Gasteiger charge is -2.20. The summed E-state index contributed by atoms with van der Waals surface area (Å²) >= 11 is 5.75. The highest BCUT2D eigenvalue weighted by Crippen LogP contribution is 2.30. The number of anilines is 1. The summed E-state index contributed by atoms with van der Waals surface area (Å²) in [5.41, 5.74) is 5.40. The molecule has 0 bridgehead atoms. The van der Waals surface area contributed by atoms with Crippen molar-refractivity contribution in [3.63, 3.8) is 0 Å². The normalized spacial score (nSPS) is 11.4. The number of sulfonamides is 1. The van der Waals surface area contributed by atoms with Gasteiger partial charge in [0.25, 0.3) is 10.0 Å². The number of benzene rings is 1. The number of nitrogens with two attached hydrogens (primary N) is 1. The predicted molar refractivity (Wildman–Crippen MR) is 84.1 cm³/mol. The molecular weight excluding hydrogens is 382 g/mol. The number of hydrogen-bond donors (Lipinski definition) is 1. The van der Waals surface area contributed by atoms with Crippen molar-refractivity contribution in [2.24, 2.45) is 5.73 Å². The molecule has 0 spiro atoms. The average molecular weight is 393 g/mol. The summed E-state index contributed by atoms with van der Waals surface area (Å²) in [5, 5.41) is -0.138. The van der Waals surface area contributed by atoms with E-state index < -0.39 is 39.3 Å². The first-order valence-corrected chi connectivity index (χ1v) is 8.34. The van der Waals surface area contributed by atoms with Gasteiger partial charge in [-0.2, -0.15) is 13.8 Å². The summed E-state index contributed by atoms with van der Waals surface area (Å²) in [6.45, 7) is -1.79. The Hall–Kier alpha value is -2.53. The highest BCUT2D eigenvalue weighted by molar-refractivity contribution is 7.93. The number of aromatic nitrogens is 2.